The lowest BCUT2D eigenvalue weighted by Crippen LogP contribution is -2.36. The molecule has 0 aromatic heterocycles. The Bertz CT molecular complexity index is 241. The average Bonchev–Trinajstić information content (AvgIpc) is 2.09. The molecule has 1 unspecified atom stereocenters. The van der Waals surface area contributed by atoms with Crippen LogP contribution in [0.3, 0.4) is 0 Å². The standard InChI is InChI=1S/C7H10F3NO4/c8-7(9,10)2-1-5(13)11-3-4(12)6(14)15/h4,12H,1-3H2,(H,11,13)(H,14,15). The molecule has 0 aromatic carbocycles. The Morgan fingerprint density at radius 1 is 1.33 bits per heavy atom. The number of carbonyl (C=O) groups excluding carboxylic acids is 1. The zero-order valence-corrected chi connectivity index (χ0v) is 7.54. The van der Waals surface area contributed by atoms with Crippen LogP contribution in [0.15, 0.2) is 0 Å². The van der Waals surface area contributed by atoms with E-state index in [4.69, 9.17) is 10.2 Å². The van der Waals surface area contributed by atoms with Gasteiger partial charge in [0.1, 0.15) is 0 Å². The molecule has 0 fully saturated rings. The molecule has 0 spiro atoms. The Labute approximate surface area is 82.9 Å². The number of carboxylic acid groups (broad SMARTS) is 1. The van der Waals surface area contributed by atoms with E-state index in [0.29, 0.717) is 0 Å². The zero-order chi connectivity index (χ0) is 12.1. The second-order valence-corrected chi connectivity index (χ2v) is 2.77. The number of aliphatic hydroxyl groups excluding tert-OH is 1. The maximum absolute atomic E-state index is 11.6. The van der Waals surface area contributed by atoms with Crippen LogP contribution in [-0.4, -0.2) is 40.9 Å². The van der Waals surface area contributed by atoms with Crippen molar-refractivity contribution in [2.75, 3.05) is 6.54 Å². The summed E-state index contributed by atoms with van der Waals surface area (Å²) in [5.74, 6) is -2.50. The van der Waals surface area contributed by atoms with Gasteiger partial charge in [-0.3, -0.25) is 4.79 Å². The fraction of sp³-hybridized carbons (Fsp3) is 0.714. The van der Waals surface area contributed by atoms with Crippen LogP contribution in [0.4, 0.5) is 13.2 Å². The summed E-state index contributed by atoms with van der Waals surface area (Å²) in [5.41, 5.74) is 0. The number of hydrogen-bond donors (Lipinski definition) is 3. The predicted molar refractivity (Wildman–Crippen MR) is 41.9 cm³/mol. The van der Waals surface area contributed by atoms with Crippen molar-refractivity contribution in [2.45, 2.75) is 25.1 Å². The SMILES string of the molecule is O=C(CCC(F)(F)F)NCC(O)C(=O)O. The molecule has 0 rings (SSSR count). The van der Waals surface area contributed by atoms with Crippen LogP contribution >= 0.6 is 0 Å². The van der Waals surface area contributed by atoms with Gasteiger partial charge in [0, 0.05) is 6.42 Å². The first kappa shape index (κ1) is 13.7. The maximum Gasteiger partial charge on any atom is 0.389 e. The zero-order valence-electron chi connectivity index (χ0n) is 7.54. The molecule has 3 N–H and O–H groups in total. The second kappa shape index (κ2) is 5.54. The summed E-state index contributed by atoms with van der Waals surface area (Å²) in [4.78, 5) is 20.7. The van der Waals surface area contributed by atoms with Crippen LogP contribution in [0, 0.1) is 0 Å². The van der Waals surface area contributed by atoms with E-state index in [2.05, 4.69) is 0 Å². The maximum atomic E-state index is 11.6. The van der Waals surface area contributed by atoms with Gasteiger partial charge >= 0.3 is 12.1 Å². The predicted octanol–water partition coefficient (Wildman–Crippen LogP) is -0.109. The largest absolute Gasteiger partial charge is 0.479 e. The molecular formula is C7H10F3NO4. The highest BCUT2D eigenvalue weighted by Crippen LogP contribution is 2.20. The van der Waals surface area contributed by atoms with E-state index in [9.17, 15) is 22.8 Å². The second-order valence-electron chi connectivity index (χ2n) is 2.77. The Morgan fingerprint density at radius 2 is 1.87 bits per heavy atom. The first-order valence-electron chi connectivity index (χ1n) is 3.96. The summed E-state index contributed by atoms with van der Waals surface area (Å²) >= 11 is 0. The van der Waals surface area contributed by atoms with Gasteiger partial charge in [-0.05, 0) is 0 Å². The van der Waals surface area contributed by atoms with Crippen LogP contribution in [0.25, 0.3) is 0 Å². The number of aliphatic carboxylic acids is 1. The summed E-state index contributed by atoms with van der Waals surface area (Å²) in [6, 6.07) is 0. The molecule has 5 nitrogen and oxygen atoms in total. The number of hydrogen-bond acceptors (Lipinski definition) is 3. The lowest BCUT2D eigenvalue weighted by molar-refractivity contribution is -0.148. The molecule has 1 atom stereocenters. The number of carbonyl (C=O) groups is 2. The van der Waals surface area contributed by atoms with Crippen molar-refractivity contribution in [1.29, 1.82) is 0 Å². The molecule has 88 valence electrons. The molecule has 0 aromatic rings. The van der Waals surface area contributed by atoms with Crippen molar-refractivity contribution >= 4 is 11.9 Å². The molecule has 0 saturated carbocycles. The first-order valence-corrected chi connectivity index (χ1v) is 3.96. The number of aliphatic hydroxyl groups is 1. The van der Waals surface area contributed by atoms with E-state index in [1.807, 2.05) is 5.32 Å². The highest BCUT2D eigenvalue weighted by atomic mass is 19.4. The minimum Gasteiger partial charge on any atom is -0.479 e. The lowest BCUT2D eigenvalue weighted by Gasteiger charge is -2.08. The van der Waals surface area contributed by atoms with Crippen LogP contribution in [0.5, 0.6) is 0 Å². The van der Waals surface area contributed by atoms with Crippen molar-refractivity contribution in [2.24, 2.45) is 0 Å². The molecule has 0 heterocycles. The third-order valence-corrected chi connectivity index (χ3v) is 1.41. The van der Waals surface area contributed by atoms with Crippen LogP contribution in [0.2, 0.25) is 0 Å². The highest BCUT2D eigenvalue weighted by Gasteiger charge is 2.28. The number of alkyl halides is 3. The van der Waals surface area contributed by atoms with Gasteiger partial charge in [-0.2, -0.15) is 13.2 Å². The van der Waals surface area contributed by atoms with Gasteiger partial charge in [-0.1, -0.05) is 0 Å². The Hall–Kier alpha value is -1.31. The molecule has 0 radical (unpaired) electrons. The van der Waals surface area contributed by atoms with E-state index in [0.717, 1.165) is 0 Å². The number of nitrogens with one attached hydrogen (secondary N) is 1. The van der Waals surface area contributed by atoms with Crippen molar-refractivity contribution in [3.8, 4) is 0 Å². The molecule has 1 amide bonds. The molecule has 0 aliphatic heterocycles. The third kappa shape index (κ3) is 7.74. The van der Waals surface area contributed by atoms with Crippen LogP contribution in [-0.2, 0) is 9.59 Å². The minimum atomic E-state index is -4.43. The molecule has 0 aliphatic rings. The monoisotopic (exact) mass is 229 g/mol. The molecule has 0 aliphatic carbocycles. The average molecular weight is 229 g/mol. The van der Waals surface area contributed by atoms with Gasteiger partial charge in [0.05, 0.1) is 13.0 Å². The van der Waals surface area contributed by atoms with E-state index in [1.54, 1.807) is 0 Å². The van der Waals surface area contributed by atoms with E-state index in [1.165, 1.54) is 0 Å². The first-order chi connectivity index (χ1) is 6.72. The Morgan fingerprint density at radius 3 is 2.27 bits per heavy atom. The topological polar surface area (TPSA) is 86.6 Å². The summed E-state index contributed by atoms with van der Waals surface area (Å²) < 4.78 is 34.9. The van der Waals surface area contributed by atoms with Crippen molar-refractivity contribution in [1.82, 2.24) is 5.32 Å². The summed E-state index contributed by atoms with van der Waals surface area (Å²) in [5, 5.41) is 18.7. The van der Waals surface area contributed by atoms with Crippen molar-refractivity contribution in [3.05, 3.63) is 0 Å². The molecular weight excluding hydrogens is 219 g/mol. The van der Waals surface area contributed by atoms with Gasteiger partial charge in [0.25, 0.3) is 0 Å². The fourth-order valence-corrected chi connectivity index (χ4v) is 0.641. The molecule has 8 heteroatoms. The number of carboxylic acids is 1. The Kier molecular flexibility index (Phi) is 5.06. The van der Waals surface area contributed by atoms with E-state index >= 15 is 0 Å². The number of halogens is 3. The lowest BCUT2D eigenvalue weighted by atomic mass is 10.3. The van der Waals surface area contributed by atoms with Crippen molar-refractivity contribution in [3.63, 3.8) is 0 Å². The van der Waals surface area contributed by atoms with E-state index in [-0.39, 0.29) is 0 Å². The van der Waals surface area contributed by atoms with Gasteiger partial charge in [0.2, 0.25) is 5.91 Å². The molecule has 0 bridgehead atoms. The molecule has 15 heavy (non-hydrogen) atoms. The van der Waals surface area contributed by atoms with Crippen molar-refractivity contribution < 1.29 is 33.0 Å². The van der Waals surface area contributed by atoms with Gasteiger partial charge in [-0.15, -0.1) is 0 Å². The minimum absolute atomic E-state index is 0.605. The quantitative estimate of drug-likeness (QED) is 0.614. The number of amides is 1. The number of rotatable bonds is 5. The summed E-state index contributed by atoms with van der Waals surface area (Å²) in [6.45, 7) is -0.605. The normalized spacial score (nSPS) is 13.3. The summed E-state index contributed by atoms with van der Waals surface area (Å²) in [6.07, 6.45) is -8.29. The van der Waals surface area contributed by atoms with Crippen LogP contribution < -0.4 is 5.32 Å². The highest BCUT2D eigenvalue weighted by molar-refractivity contribution is 5.77. The van der Waals surface area contributed by atoms with Gasteiger partial charge in [-0.25, -0.2) is 4.79 Å². The smallest absolute Gasteiger partial charge is 0.389 e. The van der Waals surface area contributed by atoms with Gasteiger partial charge < -0.3 is 15.5 Å². The summed E-state index contributed by atoms with van der Waals surface area (Å²) in [7, 11) is 0. The molecule has 0 saturated heterocycles. The van der Waals surface area contributed by atoms with Gasteiger partial charge in [0.15, 0.2) is 6.10 Å². The Balaban J connectivity index is 3.72. The fourth-order valence-electron chi connectivity index (χ4n) is 0.641. The van der Waals surface area contributed by atoms with Crippen LogP contribution in [0.1, 0.15) is 12.8 Å². The third-order valence-electron chi connectivity index (χ3n) is 1.41. The van der Waals surface area contributed by atoms with E-state index < -0.39 is 43.5 Å².